The summed E-state index contributed by atoms with van der Waals surface area (Å²) in [5, 5.41) is 0. The Labute approximate surface area is 99.3 Å². The molecule has 0 aliphatic heterocycles. The van der Waals surface area contributed by atoms with Gasteiger partial charge in [0.2, 0.25) is 0 Å². The zero-order valence-electron chi connectivity index (χ0n) is 12.6. The number of nitrogens with zero attached hydrogens (tertiary/aromatic N) is 1. The minimum atomic E-state index is 0.898. The Bertz CT molecular complexity index is 79.4. The van der Waals surface area contributed by atoms with Crippen molar-refractivity contribution in [1.82, 2.24) is 4.90 Å². The Morgan fingerprint density at radius 1 is 0.933 bits per heavy atom. The molecule has 0 rings (SSSR count). The van der Waals surface area contributed by atoms with Gasteiger partial charge < -0.3 is 4.90 Å². The van der Waals surface area contributed by atoms with E-state index in [0.717, 1.165) is 5.92 Å². The van der Waals surface area contributed by atoms with Crippen LogP contribution in [0, 0.1) is 5.92 Å². The molecule has 0 saturated heterocycles. The minimum Gasteiger partial charge on any atom is -0.307 e. The van der Waals surface area contributed by atoms with Crippen LogP contribution < -0.4 is 0 Å². The molecule has 0 spiro atoms. The van der Waals surface area contributed by atoms with Crippen molar-refractivity contribution in [2.24, 2.45) is 5.92 Å². The summed E-state index contributed by atoms with van der Waals surface area (Å²) in [4.78, 5) is 2.31. The lowest BCUT2D eigenvalue weighted by Crippen LogP contribution is -2.17. The molecule has 0 bridgehead atoms. The molecule has 0 fully saturated rings. The number of hydrogen-bond donors (Lipinski definition) is 0. The molecule has 96 valence electrons. The van der Waals surface area contributed by atoms with Crippen molar-refractivity contribution in [3.8, 4) is 0 Å². The standard InChI is InChI=1S/C6H15N.C6H14.C2H6/c1-4-6-7(3)5-2;1-4-5-6(2)3;1-2/h4-6H2,1-3H3;6H,4-5H2,1-3H3;1-2H3. The summed E-state index contributed by atoms with van der Waals surface area (Å²) in [7, 11) is 2.14. The first-order valence-electron chi connectivity index (χ1n) is 6.76. The minimum absolute atomic E-state index is 0.898. The zero-order chi connectivity index (χ0) is 12.7. The van der Waals surface area contributed by atoms with E-state index in [1.54, 1.807) is 0 Å². The van der Waals surface area contributed by atoms with E-state index in [9.17, 15) is 0 Å². The van der Waals surface area contributed by atoms with Gasteiger partial charge in [-0.15, -0.1) is 0 Å². The van der Waals surface area contributed by atoms with E-state index >= 15 is 0 Å². The Hall–Kier alpha value is -0.0400. The lowest BCUT2D eigenvalue weighted by Gasteiger charge is -2.10. The van der Waals surface area contributed by atoms with Crippen LogP contribution in [0.3, 0.4) is 0 Å². The smallest absolute Gasteiger partial charge is 0.00245 e. The molecule has 0 atom stereocenters. The quantitative estimate of drug-likeness (QED) is 0.638. The summed E-state index contributed by atoms with van der Waals surface area (Å²) in [6.07, 6.45) is 3.97. The maximum absolute atomic E-state index is 2.31. The molecule has 0 aliphatic carbocycles. The van der Waals surface area contributed by atoms with Crippen molar-refractivity contribution in [1.29, 1.82) is 0 Å². The zero-order valence-corrected chi connectivity index (χ0v) is 12.6. The summed E-state index contributed by atoms with van der Waals surface area (Å²) >= 11 is 0. The molecule has 0 unspecified atom stereocenters. The van der Waals surface area contributed by atoms with Gasteiger partial charge in [0.1, 0.15) is 0 Å². The van der Waals surface area contributed by atoms with E-state index < -0.39 is 0 Å². The van der Waals surface area contributed by atoms with E-state index in [-0.39, 0.29) is 0 Å². The first-order chi connectivity index (χ1) is 7.08. The van der Waals surface area contributed by atoms with Gasteiger partial charge in [-0.05, 0) is 32.5 Å². The molecule has 0 aliphatic rings. The van der Waals surface area contributed by atoms with E-state index in [0.29, 0.717) is 0 Å². The third kappa shape index (κ3) is 31.5. The van der Waals surface area contributed by atoms with Crippen LogP contribution in [-0.2, 0) is 0 Å². The molecule has 1 heteroatoms. The normalized spacial score (nSPS) is 9.20. The number of rotatable bonds is 5. The highest BCUT2D eigenvalue weighted by Gasteiger charge is 1.86. The molecule has 0 heterocycles. The van der Waals surface area contributed by atoms with Crippen LogP contribution in [-0.4, -0.2) is 25.0 Å². The van der Waals surface area contributed by atoms with Gasteiger partial charge in [-0.1, -0.05) is 61.3 Å². The summed E-state index contributed by atoms with van der Waals surface area (Å²) in [6.45, 7) is 17.5. The van der Waals surface area contributed by atoms with Gasteiger partial charge >= 0.3 is 0 Å². The molecule has 1 nitrogen and oxygen atoms in total. The van der Waals surface area contributed by atoms with Crippen molar-refractivity contribution in [2.75, 3.05) is 20.1 Å². The maximum Gasteiger partial charge on any atom is -0.00245 e. The van der Waals surface area contributed by atoms with Gasteiger partial charge in [-0.25, -0.2) is 0 Å². The predicted octanol–water partition coefficient (Wildman–Crippen LogP) is 4.82. The van der Waals surface area contributed by atoms with Crippen LogP contribution in [0.5, 0.6) is 0 Å². The average molecular weight is 217 g/mol. The van der Waals surface area contributed by atoms with Gasteiger partial charge in [0.05, 0.1) is 0 Å². The molecule has 0 aromatic rings. The van der Waals surface area contributed by atoms with Gasteiger partial charge in [-0.3, -0.25) is 0 Å². The van der Waals surface area contributed by atoms with Gasteiger partial charge in [0.25, 0.3) is 0 Å². The molecular formula is C14H35N. The van der Waals surface area contributed by atoms with Crippen molar-refractivity contribution in [2.45, 2.75) is 67.7 Å². The van der Waals surface area contributed by atoms with Crippen LogP contribution in [0.15, 0.2) is 0 Å². The molecule has 0 amide bonds. The van der Waals surface area contributed by atoms with Gasteiger partial charge in [-0.2, -0.15) is 0 Å². The van der Waals surface area contributed by atoms with Crippen molar-refractivity contribution >= 4 is 0 Å². The Balaban J connectivity index is -0.000000166. The van der Waals surface area contributed by atoms with Crippen molar-refractivity contribution in [3.63, 3.8) is 0 Å². The highest BCUT2D eigenvalue weighted by Crippen LogP contribution is 2.00. The maximum atomic E-state index is 2.31. The highest BCUT2D eigenvalue weighted by atomic mass is 15.1. The van der Waals surface area contributed by atoms with Crippen molar-refractivity contribution in [3.05, 3.63) is 0 Å². The summed E-state index contributed by atoms with van der Waals surface area (Å²) in [5.41, 5.74) is 0. The summed E-state index contributed by atoms with van der Waals surface area (Å²) in [5.74, 6) is 0.898. The van der Waals surface area contributed by atoms with Crippen LogP contribution in [0.4, 0.5) is 0 Å². The summed E-state index contributed by atoms with van der Waals surface area (Å²) in [6, 6.07) is 0. The first-order valence-corrected chi connectivity index (χ1v) is 6.76. The molecular weight excluding hydrogens is 182 g/mol. The number of hydrogen-bond acceptors (Lipinski definition) is 1. The lowest BCUT2D eigenvalue weighted by molar-refractivity contribution is 0.353. The lowest BCUT2D eigenvalue weighted by atomic mass is 10.1. The summed E-state index contributed by atoms with van der Waals surface area (Å²) < 4.78 is 0. The third-order valence-corrected chi connectivity index (χ3v) is 2.01. The van der Waals surface area contributed by atoms with Crippen LogP contribution in [0.1, 0.15) is 67.7 Å². The second kappa shape index (κ2) is 19.5. The Morgan fingerprint density at radius 3 is 1.47 bits per heavy atom. The Morgan fingerprint density at radius 2 is 1.40 bits per heavy atom. The molecule has 0 aromatic carbocycles. The second-order valence-corrected chi connectivity index (χ2v) is 4.08. The second-order valence-electron chi connectivity index (χ2n) is 4.08. The fraction of sp³-hybridized carbons (Fsp3) is 1.00. The van der Waals surface area contributed by atoms with Gasteiger partial charge in [0, 0.05) is 0 Å². The van der Waals surface area contributed by atoms with E-state index in [2.05, 4.69) is 46.6 Å². The average Bonchev–Trinajstić information content (AvgIpc) is 2.22. The van der Waals surface area contributed by atoms with E-state index in [1.165, 1.54) is 32.4 Å². The molecule has 0 N–H and O–H groups in total. The van der Waals surface area contributed by atoms with Crippen LogP contribution in [0.25, 0.3) is 0 Å². The Kier molecular flexibility index (Phi) is 26.5. The van der Waals surface area contributed by atoms with Crippen molar-refractivity contribution < 1.29 is 0 Å². The topological polar surface area (TPSA) is 3.24 Å². The van der Waals surface area contributed by atoms with E-state index in [1.807, 2.05) is 13.8 Å². The first kappa shape index (κ1) is 20.4. The molecule has 0 radical (unpaired) electrons. The SMILES string of the molecule is CC.CCCC(C)C.CCCN(C)CC. The fourth-order valence-electron chi connectivity index (χ4n) is 1.12. The monoisotopic (exact) mass is 217 g/mol. The highest BCUT2D eigenvalue weighted by molar-refractivity contribution is 4.41. The van der Waals surface area contributed by atoms with E-state index in [4.69, 9.17) is 0 Å². The van der Waals surface area contributed by atoms with Crippen LogP contribution in [0.2, 0.25) is 0 Å². The molecule has 0 saturated carbocycles. The predicted molar refractivity (Wildman–Crippen MR) is 74.6 cm³/mol. The fourth-order valence-corrected chi connectivity index (χ4v) is 1.12. The molecule has 15 heavy (non-hydrogen) atoms. The third-order valence-electron chi connectivity index (χ3n) is 2.01. The largest absolute Gasteiger partial charge is 0.307 e. The van der Waals surface area contributed by atoms with Crippen LogP contribution >= 0.6 is 0 Å². The molecule has 0 aromatic heterocycles. The van der Waals surface area contributed by atoms with Gasteiger partial charge in [0.15, 0.2) is 0 Å².